The smallest absolute Gasteiger partial charge is 0.355 e. The fourth-order valence-corrected chi connectivity index (χ4v) is 11.6. The average Bonchev–Trinajstić information content (AvgIpc) is 3.90. The highest BCUT2D eigenvalue weighted by Crippen LogP contribution is 2.43. The van der Waals surface area contributed by atoms with Crippen molar-refractivity contribution in [2.24, 2.45) is 5.16 Å². The highest BCUT2D eigenvalue weighted by molar-refractivity contribution is 14.1. The second-order valence-corrected chi connectivity index (χ2v) is 19.4. The van der Waals surface area contributed by atoms with Crippen LogP contribution in [0.15, 0.2) is 198 Å². The number of rotatable bonds is 19. The molecular formula is C56H48IN5O8S2. The molecular weight excluding hydrogens is 1060 g/mol. The maximum absolute atomic E-state index is 14.7. The molecule has 0 saturated carbocycles. The Kier molecular flexibility index (Phi) is 15.8. The Hall–Kier alpha value is -7.28. The number of esters is 2. The molecule has 1 aromatic heterocycles. The summed E-state index contributed by atoms with van der Waals surface area (Å²) in [4.78, 5) is 68.7. The first-order valence-corrected chi connectivity index (χ1v) is 26.4. The normalized spacial score (nSPS) is 16.0. The fraction of sp³-hybridized carbons (Fsp3) is 0.179. The van der Waals surface area contributed by atoms with Crippen LogP contribution in [0.25, 0.3) is 0 Å². The second-order valence-electron chi connectivity index (χ2n) is 16.7. The lowest BCUT2D eigenvalue weighted by Crippen LogP contribution is -2.71. The standard InChI is InChI=1S/C56H48IN5O8S2/c1-36(53(65)69-49(38-18-8-3-9-19-38)39-20-10-4-11-21-39)70-61-46(45-35-72-55(58-45)60-56(41-22-12-5-13-23-41,42-24-14-6-15-25-42)43-26-16-7-17-27-43)50(63)59-47-51(64)62-48(40(32-57)34-71-52(47)62)54(66)68-33-37-28-30-44(67-2)31-29-37/h3-31,35-36,47,49,52H,32-34H2,1-2H3,(H,58,60)(H,59,63)/t36?,47?,52-/m0/s1. The van der Waals surface area contributed by atoms with E-state index in [4.69, 9.17) is 24.0 Å². The van der Waals surface area contributed by atoms with Gasteiger partial charge in [-0.1, -0.05) is 192 Å². The van der Waals surface area contributed by atoms with E-state index in [0.717, 1.165) is 39.0 Å². The van der Waals surface area contributed by atoms with Crippen LogP contribution in [0, 0.1) is 0 Å². The number of hydrogen-bond donors (Lipinski definition) is 2. The molecule has 6 aromatic carbocycles. The zero-order valence-corrected chi connectivity index (χ0v) is 42.8. The summed E-state index contributed by atoms with van der Waals surface area (Å²) >= 11 is 4.84. The Morgan fingerprint density at radius 3 is 1.86 bits per heavy atom. The van der Waals surface area contributed by atoms with Crippen molar-refractivity contribution in [2.45, 2.75) is 42.7 Å². The molecule has 0 spiro atoms. The Bertz CT molecular complexity index is 2940. The van der Waals surface area contributed by atoms with Gasteiger partial charge in [0.15, 0.2) is 16.9 Å². The van der Waals surface area contributed by atoms with Gasteiger partial charge in [0.2, 0.25) is 6.10 Å². The molecule has 0 aliphatic carbocycles. The van der Waals surface area contributed by atoms with Gasteiger partial charge in [-0.15, -0.1) is 23.1 Å². The Balaban J connectivity index is 1.01. The van der Waals surface area contributed by atoms with E-state index in [1.807, 2.05) is 152 Å². The first-order chi connectivity index (χ1) is 35.2. The van der Waals surface area contributed by atoms with Gasteiger partial charge in [0.1, 0.15) is 40.7 Å². The van der Waals surface area contributed by atoms with E-state index < -0.39 is 52.9 Å². The van der Waals surface area contributed by atoms with Crippen LogP contribution in [0.2, 0.25) is 0 Å². The third kappa shape index (κ3) is 10.7. The lowest BCUT2D eigenvalue weighted by Gasteiger charge is -2.49. The topological polar surface area (TPSA) is 158 Å². The molecule has 2 aliphatic heterocycles. The van der Waals surface area contributed by atoms with Gasteiger partial charge in [0, 0.05) is 15.6 Å². The Labute approximate surface area is 438 Å². The third-order valence-electron chi connectivity index (χ3n) is 12.2. The SMILES string of the molecule is COc1ccc(COC(=O)C2=C(CI)CS[C@H]3C(NC(=O)C(=NOC(C)C(=O)OC(c4ccccc4)c4ccccc4)c4csc(NC(c5ccccc5)(c5ccccc5)c5ccccc5)n4)C(=O)N23)cc1. The van der Waals surface area contributed by atoms with Gasteiger partial charge >= 0.3 is 11.9 Å². The van der Waals surface area contributed by atoms with Crippen LogP contribution in [-0.2, 0) is 45.6 Å². The van der Waals surface area contributed by atoms with E-state index in [2.05, 4.69) is 38.4 Å². The van der Waals surface area contributed by atoms with Crippen molar-refractivity contribution < 1.29 is 38.2 Å². The minimum absolute atomic E-state index is 0.0144. The number of β-lactam (4-membered cyclic amide) rings is 1. The molecule has 2 unspecified atom stereocenters. The van der Waals surface area contributed by atoms with Crippen molar-refractivity contribution in [3.05, 3.63) is 232 Å². The molecule has 3 heterocycles. The molecule has 0 radical (unpaired) electrons. The predicted molar refractivity (Wildman–Crippen MR) is 287 cm³/mol. The monoisotopic (exact) mass is 1110 g/mol. The lowest BCUT2D eigenvalue weighted by atomic mass is 9.77. The van der Waals surface area contributed by atoms with Crippen LogP contribution in [0.3, 0.4) is 0 Å². The predicted octanol–water partition coefficient (Wildman–Crippen LogP) is 9.83. The molecule has 0 bridgehead atoms. The number of thioether (sulfide) groups is 1. The average molecular weight is 1110 g/mol. The van der Waals surface area contributed by atoms with Crippen LogP contribution in [0.1, 0.15) is 52.1 Å². The quantitative estimate of drug-likeness (QED) is 0.0151. The number of thiazole rings is 1. The highest BCUT2D eigenvalue weighted by Gasteiger charge is 2.54. The van der Waals surface area contributed by atoms with Crippen LogP contribution < -0.4 is 15.4 Å². The van der Waals surface area contributed by atoms with Crippen molar-refractivity contribution in [3.63, 3.8) is 0 Å². The molecule has 3 atom stereocenters. The van der Waals surface area contributed by atoms with Crippen LogP contribution in [-0.4, -0.2) is 74.2 Å². The molecule has 2 amide bonds. The number of nitrogens with one attached hydrogen (secondary N) is 2. The largest absolute Gasteiger partial charge is 0.497 e. The minimum atomic E-state index is -1.29. The number of hydrogen-bond acceptors (Lipinski definition) is 13. The summed E-state index contributed by atoms with van der Waals surface area (Å²) < 4.78 is 17.5. The van der Waals surface area contributed by atoms with Crippen molar-refractivity contribution in [2.75, 3.05) is 22.6 Å². The Morgan fingerprint density at radius 2 is 1.33 bits per heavy atom. The summed E-state index contributed by atoms with van der Waals surface area (Å²) in [5.41, 5.74) is 4.85. The molecule has 72 heavy (non-hydrogen) atoms. The highest BCUT2D eigenvalue weighted by atomic mass is 127. The van der Waals surface area contributed by atoms with E-state index in [0.29, 0.717) is 21.1 Å². The van der Waals surface area contributed by atoms with Gasteiger partial charge in [0.25, 0.3) is 11.8 Å². The fourth-order valence-electron chi connectivity index (χ4n) is 8.48. The van der Waals surface area contributed by atoms with Crippen molar-refractivity contribution in [1.29, 1.82) is 0 Å². The van der Waals surface area contributed by atoms with Gasteiger partial charge in [-0.2, -0.15) is 0 Å². The van der Waals surface area contributed by atoms with E-state index in [1.54, 1.807) is 36.8 Å². The number of halogens is 1. The third-order valence-corrected chi connectivity index (χ3v) is 15.2. The number of carbonyl (C=O) groups excluding carboxylic acids is 4. The van der Waals surface area contributed by atoms with E-state index in [9.17, 15) is 19.2 Å². The second kappa shape index (κ2) is 22.9. The van der Waals surface area contributed by atoms with Crippen LogP contribution in [0.4, 0.5) is 5.13 Å². The van der Waals surface area contributed by atoms with Crippen molar-refractivity contribution in [3.8, 4) is 5.75 Å². The molecule has 16 heteroatoms. The molecule has 13 nitrogen and oxygen atoms in total. The van der Waals surface area contributed by atoms with Gasteiger partial charge in [0.05, 0.1) is 7.11 Å². The van der Waals surface area contributed by atoms with E-state index in [-0.39, 0.29) is 23.7 Å². The number of anilines is 1. The number of benzene rings is 6. The zero-order chi connectivity index (χ0) is 50.0. The minimum Gasteiger partial charge on any atom is -0.497 e. The summed E-state index contributed by atoms with van der Waals surface area (Å²) in [6, 6.07) is 54.8. The lowest BCUT2D eigenvalue weighted by molar-refractivity contribution is -0.160. The van der Waals surface area contributed by atoms with Gasteiger partial charge < -0.3 is 29.7 Å². The number of fused-ring (bicyclic) bond motifs is 1. The van der Waals surface area contributed by atoms with E-state index in [1.165, 1.54) is 34.9 Å². The van der Waals surface area contributed by atoms with Crippen LogP contribution >= 0.6 is 45.7 Å². The van der Waals surface area contributed by atoms with Crippen molar-refractivity contribution in [1.82, 2.24) is 15.2 Å². The number of methoxy groups -OCH3 is 1. The molecule has 2 N–H and O–H groups in total. The molecule has 7 aromatic rings. The number of alkyl halides is 1. The van der Waals surface area contributed by atoms with Gasteiger partial charge in [-0.3, -0.25) is 14.5 Å². The molecule has 2 aliphatic rings. The summed E-state index contributed by atoms with van der Waals surface area (Å²) in [7, 11) is 1.57. The van der Waals surface area contributed by atoms with Gasteiger partial charge in [-0.05, 0) is 58.0 Å². The Morgan fingerprint density at radius 1 is 0.792 bits per heavy atom. The number of ether oxygens (including phenoxy) is 3. The maximum atomic E-state index is 14.7. The number of aromatic nitrogens is 1. The van der Waals surface area contributed by atoms with Crippen LogP contribution in [0.5, 0.6) is 5.75 Å². The number of amides is 2. The molecule has 9 rings (SSSR count). The van der Waals surface area contributed by atoms with E-state index >= 15 is 0 Å². The summed E-state index contributed by atoms with van der Waals surface area (Å²) in [5, 5.41) is 12.4. The van der Waals surface area contributed by atoms with Crippen molar-refractivity contribution >= 4 is 80.3 Å². The number of nitrogens with zero attached hydrogens (tertiary/aromatic N) is 3. The molecule has 1 saturated heterocycles. The first kappa shape index (κ1) is 49.7. The maximum Gasteiger partial charge on any atom is 0.355 e. The summed E-state index contributed by atoms with van der Waals surface area (Å²) in [6.07, 6.45) is -2.05. The number of carbonyl (C=O) groups is 4. The summed E-state index contributed by atoms with van der Waals surface area (Å²) in [6.45, 7) is 1.47. The molecule has 364 valence electrons. The molecule has 1 fully saturated rings. The van der Waals surface area contributed by atoms with Gasteiger partial charge in [-0.25, -0.2) is 14.6 Å². The summed E-state index contributed by atoms with van der Waals surface area (Å²) in [5.74, 6) is -1.56. The number of oxime groups is 1. The first-order valence-electron chi connectivity index (χ1n) is 23.0. The zero-order valence-electron chi connectivity index (χ0n) is 39.1.